The number of aliphatic hydroxyl groups is 1. The summed E-state index contributed by atoms with van der Waals surface area (Å²) in [6.07, 6.45) is 10.2. The van der Waals surface area contributed by atoms with Crippen molar-refractivity contribution >= 4 is 0 Å². The van der Waals surface area contributed by atoms with Crippen molar-refractivity contribution in [3.63, 3.8) is 0 Å². The van der Waals surface area contributed by atoms with Gasteiger partial charge in [-0.1, -0.05) is 39.0 Å². The topological polar surface area (TPSA) is 33.4 Å². The Morgan fingerprint density at radius 3 is 2.60 bits per heavy atom. The maximum atomic E-state index is 10.2. The minimum Gasteiger partial charge on any atom is -0.472 e. The molecule has 0 aliphatic carbocycles. The molecule has 0 fully saturated rings. The van der Waals surface area contributed by atoms with E-state index < -0.39 is 5.60 Å². The van der Waals surface area contributed by atoms with Crippen LogP contribution in [0.3, 0.4) is 0 Å². The first-order chi connectivity index (χ1) is 7.17. The van der Waals surface area contributed by atoms with Gasteiger partial charge in [0.1, 0.15) is 0 Å². The summed E-state index contributed by atoms with van der Waals surface area (Å²) >= 11 is 0. The van der Waals surface area contributed by atoms with E-state index in [9.17, 15) is 5.11 Å². The molecule has 2 heteroatoms. The predicted octanol–water partition coefficient (Wildman–Crippen LogP) is 3.85. The minimum absolute atomic E-state index is 0.723. The van der Waals surface area contributed by atoms with Crippen LogP contribution in [0.1, 0.15) is 57.9 Å². The normalized spacial score (nSPS) is 15.1. The monoisotopic (exact) mass is 210 g/mol. The fraction of sp³-hybridized carbons (Fsp3) is 0.692. The summed E-state index contributed by atoms with van der Waals surface area (Å²) in [5, 5.41) is 10.2. The molecule has 1 aromatic rings. The van der Waals surface area contributed by atoms with Crippen LogP contribution in [0.2, 0.25) is 0 Å². The lowest BCUT2D eigenvalue weighted by Crippen LogP contribution is -2.19. The average molecular weight is 210 g/mol. The Labute approximate surface area is 92.3 Å². The van der Waals surface area contributed by atoms with Gasteiger partial charge >= 0.3 is 0 Å². The Morgan fingerprint density at radius 2 is 2.00 bits per heavy atom. The predicted molar refractivity (Wildman–Crippen MR) is 61.7 cm³/mol. The van der Waals surface area contributed by atoms with Crippen molar-refractivity contribution in [1.29, 1.82) is 0 Å². The molecule has 0 spiro atoms. The quantitative estimate of drug-likeness (QED) is 0.693. The largest absolute Gasteiger partial charge is 0.472 e. The molecule has 0 bridgehead atoms. The molecule has 1 aromatic heterocycles. The molecular formula is C13H22O2. The Hall–Kier alpha value is -0.760. The Balaban J connectivity index is 2.25. The summed E-state index contributed by atoms with van der Waals surface area (Å²) in [6, 6.07) is 1.84. The van der Waals surface area contributed by atoms with Crippen LogP contribution < -0.4 is 0 Å². The lowest BCUT2D eigenvalue weighted by atomic mass is 9.92. The number of furan rings is 1. The summed E-state index contributed by atoms with van der Waals surface area (Å²) in [4.78, 5) is 0. The maximum Gasteiger partial charge on any atom is 0.0963 e. The fourth-order valence-corrected chi connectivity index (χ4v) is 1.79. The van der Waals surface area contributed by atoms with Crippen LogP contribution in [0, 0.1) is 0 Å². The van der Waals surface area contributed by atoms with Crippen molar-refractivity contribution in [3.8, 4) is 0 Å². The molecule has 0 saturated heterocycles. The highest BCUT2D eigenvalue weighted by Gasteiger charge is 2.23. The average Bonchev–Trinajstić information content (AvgIpc) is 2.70. The van der Waals surface area contributed by atoms with E-state index in [4.69, 9.17) is 4.42 Å². The highest BCUT2D eigenvalue weighted by Crippen LogP contribution is 2.27. The van der Waals surface area contributed by atoms with Crippen molar-refractivity contribution in [3.05, 3.63) is 24.2 Å². The summed E-state index contributed by atoms with van der Waals surface area (Å²) in [6.45, 7) is 4.07. The maximum absolute atomic E-state index is 10.2. The van der Waals surface area contributed by atoms with Gasteiger partial charge in [0.05, 0.1) is 18.1 Å². The molecule has 0 aliphatic rings. The lowest BCUT2D eigenvalue weighted by Gasteiger charge is -2.21. The summed E-state index contributed by atoms with van der Waals surface area (Å²) in [5.41, 5.74) is 0.164. The van der Waals surface area contributed by atoms with Crippen molar-refractivity contribution in [1.82, 2.24) is 0 Å². The van der Waals surface area contributed by atoms with Gasteiger partial charge in [-0.05, 0) is 19.4 Å². The molecule has 86 valence electrons. The highest BCUT2D eigenvalue weighted by molar-refractivity contribution is 5.14. The van der Waals surface area contributed by atoms with Crippen LogP contribution in [-0.2, 0) is 5.60 Å². The Kier molecular flexibility index (Phi) is 4.89. The molecule has 2 nitrogen and oxygen atoms in total. The van der Waals surface area contributed by atoms with Crippen molar-refractivity contribution in [2.75, 3.05) is 0 Å². The van der Waals surface area contributed by atoms with E-state index in [-0.39, 0.29) is 0 Å². The van der Waals surface area contributed by atoms with Gasteiger partial charge < -0.3 is 9.52 Å². The standard InChI is InChI=1S/C13H22O2/c1-3-4-5-6-7-9-13(2,14)12-8-10-15-11-12/h8,10-11,14H,3-7,9H2,1-2H3. The van der Waals surface area contributed by atoms with E-state index in [1.807, 2.05) is 13.0 Å². The first kappa shape index (κ1) is 12.3. The molecule has 0 aromatic carbocycles. The van der Waals surface area contributed by atoms with Crippen LogP contribution >= 0.6 is 0 Å². The molecule has 0 amide bonds. The molecule has 0 aliphatic heterocycles. The zero-order valence-corrected chi connectivity index (χ0v) is 9.83. The van der Waals surface area contributed by atoms with Gasteiger partial charge in [-0.15, -0.1) is 0 Å². The molecule has 1 atom stereocenters. The first-order valence-corrected chi connectivity index (χ1v) is 5.92. The molecule has 15 heavy (non-hydrogen) atoms. The van der Waals surface area contributed by atoms with Crippen LogP contribution in [-0.4, -0.2) is 5.11 Å². The third-order valence-corrected chi connectivity index (χ3v) is 2.91. The van der Waals surface area contributed by atoms with Gasteiger partial charge in [0, 0.05) is 5.56 Å². The second kappa shape index (κ2) is 5.96. The van der Waals surface area contributed by atoms with E-state index in [1.165, 1.54) is 25.7 Å². The van der Waals surface area contributed by atoms with Crippen LogP contribution in [0.15, 0.2) is 23.0 Å². The van der Waals surface area contributed by atoms with E-state index in [2.05, 4.69) is 6.92 Å². The Bertz CT molecular complexity index is 250. The summed E-state index contributed by atoms with van der Waals surface area (Å²) in [5.74, 6) is 0. The zero-order valence-electron chi connectivity index (χ0n) is 9.83. The lowest BCUT2D eigenvalue weighted by molar-refractivity contribution is 0.0442. The molecule has 1 N–H and O–H groups in total. The van der Waals surface area contributed by atoms with E-state index in [0.717, 1.165) is 18.4 Å². The summed E-state index contributed by atoms with van der Waals surface area (Å²) in [7, 11) is 0. The van der Waals surface area contributed by atoms with Crippen LogP contribution in [0.25, 0.3) is 0 Å². The third kappa shape index (κ3) is 4.08. The van der Waals surface area contributed by atoms with Crippen molar-refractivity contribution in [2.24, 2.45) is 0 Å². The molecule has 0 saturated carbocycles. The Morgan fingerprint density at radius 1 is 1.27 bits per heavy atom. The zero-order chi connectivity index (χ0) is 11.1. The minimum atomic E-state index is -0.723. The molecular weight excluding hydrogens is 188 g/mol. The van der Waals surface area contributed by atoms with Gasteiger partial charge in [-0.25, -0.2) is 0 Å². The smallest absolute Gasteiger partial charge is 0.0963 e. The SMILES string of the molecule is CCCCCCCC(C)(O)c1ccoc1. The molecule has 1 rings (SSSR count). The highest BCUT2D eigenvalue weighted by atomic mass is 16.3. The van der Waals surface area contributed by atoms with E-state index in [0.29, 0.717) is 0 Å². The van der Waals surface area contributed by atoms with Gasteiger partial charge in [0.2, 0.25) is 0 Å². The number of hydrogen-bond donors (Lipinski definition) is 1. The van der Waals surface area contributed by atoms with Crippen LogP contribution in [0.4, 0.5) is 0 Å². The molecule has 1 heterocycles. The fourth-order valence-electron chi connectivity index (χ4n) is 1.79. The van der Waals surface area contributed by atoms with Gasteiger partial charge in [-0.3, -0.25) is 0 Å². The molecule has 0 radical (unpaired) electrons. The number of rotatable bonds is 7. The van der Waals surface area contributed by atoms with Gasteiger partial charge in [-0.2, -0.15) is 0 Å². The third-order valence-electron chi connectivity index (χ3n) is 2.91. The first-order valence-electron chi connectivity index (χ1n) is 5.92. The van der Waals surface area contributed by atoms with E-state index in [1.54, 1.807) is 12.5 Å². The van der Waals surface area contributed by atoms with Gasteiger partial charge in [0.25, 0.3) is 0 Å². The second-order valence-corrected chi connectivity index (χ2v) is 4.45. The van der Waals surface area contributed by atoms with Crippen molar-refractivity contribution in [2.45, 2.75) is 58.0 Å². The van der Waals surface area contributed by atoms with Crippen LogP contribution in [0.5, 0.6) is 0 Å². The van der Waals surface area contributed by atoms with Crippen molar-refractivity contribution < 1.29 is 9.52 Å². The van der Waals surface area contributed by atoms with Gasteiger partial charge in [0.15, 0.2) is 0 Å². The summed E-state index contributed by atoms with van der Waals surface area (Å²) < 4.78 is 4.99. The number of unbranched alkanes of at least 4 members (excludes halogenated alkanes) is 4. The van der Waals surface area contributed by atoms with E-state index >= 15 is 0 Å². The molecule has 1 unspecified atom stereocenters. The number of hydrogen-bond acceptors (Lipinski definition) is 2. The second-order valence-electron chi connectivity index (χ2n) is 4.45.